The first-order chi connectivity index (χ1) is 11.2. The number of hydrogen-bond acceptors (Lipinski definition) is 3. The summed E-state index contributed by atoms with van der Waals surface area (Å²) in [6, 6.07) is 18.3. The zero-order valence-electron chi connectivity index (χ0n) is 12.1. The van der Waals surface area contributed by atoms with Crippen molar-refractivity contribution in [3.63, 3.8) is 0 Å². The van der Waals surface area contributed by atoms with Crippen LogP contribution in [0.3, 0.4) is 0 Å². The monoisotopic (exact) mass is 308 g/mol. The lowest BCUT2D eigenvalue weighted by Crippen LogP contribution is -2.17. The fourth-order valence-corrected chi connectivity index (χ4v) is 2.00. The molecule has 3 rings (SSSR count). The first-order valence-corrected chi connectivity index (χ1v) is 6.96. The highest BCUT2D eigenvalue weighted by Gasteiger charge is 2.04. The number of rotatable bonds is 4. The number of nitrogens with zero attached hydrogens (tertiary/aromatic N) is 1. The third-order valence-corrected chi connectivity index (χ3v) is 3.15. The van der Waals surface area contributed by atoms with E-state index in [9.17, 15) is 9.18 Å². The van der Waals surface area contributed by atoms with E-state index < -0.39 is 0 Å². The fraction of sp³-hybridized carbons (Fsp3) is 0. The summed E-state index contributed by atoms with van der Waals surface area (Å²) in [4.78, 5) is 11.8. The summed E-state index contributed by atoms with van der Waals surface area (Å²) >= 11 is 0. The van der Waals surface area contributed by atoms with Crippen molar-refractivity contribution in [1.29, 1.82) is 0 Å². The summed E-state index contributed by atoms with van der Waals surface area (Å²) in [7, 11) is 0. The van der Waals surface area contributed by atoms with Gasteiger partial charge in [0.25, 0.3) is 5.91 Å². The zero-order chi connectivity index (χ0) is 16.1. The second-order valence-electron chi connectivity index (χ2n) is 4.77. The van der Waals surface area contributed by atoms with Crippen LogP contribution in [-0.4, -0.2) is 12.1 Å². The van der Waals surface area contributed by atoms with Gasteiger partial charge in [0, 0.05) is 11.1 Å². The van der Waals surface area contributed by atoms with Gasteiger partial charge in [-0.15, -0.1) is 0 Å². The van der Waals surface area contributed by atoms with E-state index in [1.807, 2.05) is 6.07 Å². The second-order valence-corrected chi connectivity index (χ2v) is 4.77. The Bertz CT molecular complexity index is 824. The van der Waals surface area contributed by atoms with Crippen molar-refractivity contribution in [3.8, 4) is 11.3 Å². The third kappa shape index (κ3) is 3.71. The molecule has 114 valence electrons. The minimum atomic E-state index is -0.300. The molecule has 0 atom stereocenters. The van der Waals surface area contributed by atoms with Crippen LogP contribution < -0.4 is 5.43 Å². The summed E-state index contributed by atoms with van der Waals surface area (Å²) in [6.45, 7) is 0. The standard InChI is InChI=1S/C18H13FN2O2/c19-15-8-6-13(7-9-15)17-11-10-16(23-17)12-20-21-18(22)14-4-2-1-3-5-14/h1-12H,(H,21,22)/b20-12+. The maximum absolute atomic E-state index is 12.9. The zero-order valence-corrected chi connectivity index (χ0v) is 12.1. The van der Waals surface area contributed by atoms with Crippen molar-refractivity contribution in [2.75, 3.05) is 0 Å². The van der Waals surface area contributed by atoms with E-state index in [4.69, 9.17) is 4.42 Å². The third-order valence-electron chi connectivity index (χ3n) is 3.15. The minimum Gasteiger partial charge on any atom is -0.455 e. The van der Waals surface area contributed by atoms with Gasteiger partial charge in [0.2, 0.25) is 0 Å². The molecule has 0 aliphatic heterocycles. The molecule has 23 heavy (non-hydrogen) atoms. The quantitative estimate of drug-likeness (QED) is 0.588. The van der Waals surface area contributed by atoms with Gasteiger partial charge in [0.1, 0.15) is 17.3 Å². The average molecular weight is 308 g/mol. The lowest BCUT2D eigenvalue weighted by molar-refractivity contribution is 0.0955. The van der Waals surface area contributed by atoms with E-state index in [2.05, 4.69) is 10.5 Å². The van der Waals surface area contributed by atoms with Crippen LogP contribution in [0.2, 0.25) is 0 Å². The molecule has 2 aromatic carbocycles. The van der Waals surface area contributed by atoms with Crippen LogP contribution in [0, 0.1) is 5.82 Å². The highest BCUT2D eigenvalue weighted by Crippen LogP contribution is 2.21. The van der Waals surface area contributed by atoms with Gasteiger partial charge in [-0.3, -0.25) is 4.79 Å². The Labute approximate surface area is 132 Å². The van der Waals surface area contributed by atoms with E-state index >= 15 is 0 Å². The summed E-state index contributed by atoms with van der Waals surface area (Å²) < 4.78 is 18.5. The van der Waals surface area contributed by atoms with Crippen LogP contribution in [0.15, 0.2) is 76.2 Å². The van der Waals surface area contributed by atoms with Crippen LogP contribution in [0.1, 0.15) is 16.1 Å². The number of benzene rings is 2. The molecule has 0 aliphatic carbocycles. The maximum atomic E-state index is 12.9. The molecule has 0 saturated carbocycles. The first-order valence-electron chi connectivity index (χ1n) is 6.96. The second kappa shape index (κ2) is 6.70. The van der Waals surface area contributed by atoms with Crippen molar-refractivity contribution >= 4 is 12.1 Å². The first kappa shape index (κ1) is 14.7. The number of furan rings is 1. The molecular formula is C18H13FN2O2. The fourth-order valence-electron chi connectivity index (χ4n) is 2.00. The summed E-state index contributed by atoms with van der Waals surface area (Å²) in [5, 5.41) is 3.86. The molecule has 0 fully saturated rings. The molecular weight excluding hydrogens is 295 g/mol. The molecule has 0 radical (unpaired) electrons. The Morgan fingerprint density at radius 3 is 2.48 bits per heavy atom. The Balaban J connectivity index is 1.65. The molecule has 0 unspecified atom stereocenters. The molecule has 0 spiro atoms. The molecule has 1 N–H and O–H groups in total. The normalized spacial score (nSPS) is 10.8. The number of carbonyl (C=O) groups is 1. The van der Waals surface area contributed by atoms with E-state index in [0.717, 1.165) is 5.56 Å². The van der Waals surface area contributed by atoms with Crippen molar-refractivity contribution in [1.82, 2.24) is 5.43 Å². The summed E-state index contributed by atoms with van der Waals surface area (Å²) in [6.07, 6.45) is 1.41. The molecule has 0 bridgehead atoms. The Morgan fingerprint density at radius 1 is 1.00 bits per heavy atom. The lowest BCUT2D eigenvalue weighted by Gasteiger charge is -1.98. The molecule has 3 aromatic rings. The number of hydrazone groups is 1. The van der Waals surface area contributed by atoms with Gasteiger partial charge < -0.3 is 4.42 Å². The van der Waals surface area contributed by atoms with Gasteiger partial charge in [-0.2, -0.15) is 5.10 Å². The molecule has 0 aliphatic rings. The number of carbonyl (C=O) groups excluding carboxylic acids is 1. The number of hydrogen-bond donors (Lipinski definition) is 1. The summed E-state index contributed by atoms with van der Waals surface area (Å²) in [5.74, 6) is 0.483. The van der Waals surface area contributed by atoms with Gasteiger partial charge >= 0.3 is 0 Å². The predicted octanol–water partition coefficient (Wildman–Crippen LogP) is 3.85. The van der Waals surface area contributed by atoms with Gasteiger partial charge in [-0.05, 0) is 48.5 Å². The van der Waals surface area contributed by atoms with E-state index in [-0.39, 0.29) is 11.7 Å². The van der Waals surface area contributed by atoms with Crippen LogP contribution in [0.4, 0.5) is 4.39 Å². The topological polar surface area (TPSA) is 54.6 Å². The molecule has 1 aromatic heterocycles. The van der Waals surface area contributed by atoms with Gasteiger partial charge in [0.05, 0.1) is 6.21 Å². The SMILES string of the molecule is O=C(N/N=C/c1ccc(-c2ccc(F)cc2)o1)c1ccccc1. The maximum Gasteiger partial charge on any atom is 0.271 e. The van der Waals surface area contributed by atoms with Crippen molar-refractivity contribution < 1.29 is 13.6 Å². The Morgan fingerprint density at radius 2 is 1.74 bits per heavy atom. The van der Waals surface area contributed by atoms with Crippen LogP contribution in [0.5, 0.6) is 0 Å². The largest absolute Gasteiger partial charge is 0.455 e. The van der Waals surface area contributed by atoms with E-state index in [0.29, 0.717) is 17.1 Å². The number of amides is 1. The average Bonchev–Trinajstić information content (AvgIpc) is 3.05. The minimum absolute atomic E-state index is 0.299. The van der Waals surface area contributed by atoms with Crippen molar-refractivity contribution in [2.24, 2.45) is 5.10 Å². The highest BCUT2D eigenvalue weighted by atomic mass is 19.1. The van der Waals surface area contributed by atoms with Gasteiger partial charge in [-0.25, -0.2) is 9.82 Å². The predicted molar refractivity (Wildman–Crippen MR) is 85.6 cm³/mol. The van der Waals surface area contributed by atoms with Crippen LogP contribution in [-0.2, 0) is 0 Å². The van der Waals surface area contributed by atoms with Crippen LogP contribution >= 0.6 is 0 Å². The number of halogens is 1. The molecule has 4 nitrogen and oxygen atoms in total. The number of nitrogens with one attached hydrogen (secondary N) is 1. The highest BCUT2D eigenvalue weighted by molar-refractivity contribution is 5.94. The van der Waals surface area contributed by atoms with E-state index in [1.54, 1.807) is 48.5 Å². The van der Waals surface area contributed by atoms with Gasteiger partial charge in [0.15, 0.2) is 0 Å². The Hall–Kier alpha value is -3.21. The molecule has 1 amide bonds. The molecule has 1 heterocycles. The Kier molecular flexibility index (Phi) is 4.29. The van der Waals surface area contributed by atoms with Crippen molar-refractivity contribution in [3.05, 3.63) is 83.9 Å². The smallest absolute Gasteiger partial charge is 0.271 e. The molecule has 0 saturated heterocycles. The summed E-state index contributed by atoms with van der Waals surface area (Å²) in [5.41, 5.74) is 3.71. The van der Waals surface area contributed by atoms with Crippen molar-refractivity contribution in [2.45, 2.75) is 0 Å². The van der Waals surface area contributed by atoms with Crippen LogP contribution in [0.25, 0.3) is 11.3 Å². The van der Waals surface area contributed by atoms with Gasteiger partial charge in [-0.1, -0.05) is 18.2 Å². The lowest BCUT2D eigenvalue weighted by atomic mass is 10.2. The van der Waals surface area contributed by atoms with E-state index in [1.165, 1.54) is 18.3 Å². The molecule has 5 heteroatoms.